The third-order valence-corrected chi connectivity index (χ3v) is 4.10. The lowest BCUT2D eigenvalue weighted by Gasteiger charge is -2.11. The number of benzene rings is 1. The van der Waals surface area contributed by atoms with Gasteiger partial charge in [0.05, 0.1) is 0 Å². The number of ether oxygens (including phenoxy) is 1. The number of fused-ring (bicyclic) bond motifs is 1. The fourth-order valence-electron chi connectivity index (χ4n) is 2.81. The summed E-state index contributed by atoms with van der Waals surface area (Å²) in [6.45, 7) is 1.65. The second-order valence-electron chi connectivity index (χ2n) is 5.98. The van der Waals surface area contributed by atoms with E-state index >= 15 is 0 Å². The molecule has 1 aliphatic rings. The molecule has 0 bridgehead atoms. The molecule has 1 saturated heterocycles. The number of nitrogens with one attached hydrogen (secondary N) is 3. The molecule has 4 rings (SSSR count). The first kappa shape index (κ1) is 17.2. The van der Waals surface area contributed by atoms with Crippen molar-refractivity contribution in [2.75, 3.05) is 25.0 Å². The van der Waals surface area contributed by atoms with Crippen LogP contribution >= 0.6 is 0 Å². The number of nitrogens with zero attached hydrogens (tertiary/aromatic N) is 3. The van der Waals surface area contributed by atoms with Crippen LogP contribution in [0, 0.1) is 23.5 Å². The summed E-state index contributed by atoms with van der Waals surface area (Å²) in [5.74, 6) is 4.48. The molecule has 1 aliphatic heterocycles. The Hall–Kier alpha value is -3.25. The van der Waals surface area contributed by atoms with Gasteiger partial charge in [-0.25, -0.2) is 23.7 Å². The minimum absolute atomic E-state index is 0.181. The summed E-state index contributed by atoms with van der Waals surface area (Å²) in [7, 11) is 0. The van der Waals surface area contributed by atoms with Crippen LogP contribution in [0.25, 0.3) is 11.2 Å². The summed E-state index contributed by atoms with van der Waals surface area (Å²) in [5, 5.41) is 6.62. The molecule has 1 unspecified atom stereocenters. The number of para-hydroxylation sites is 1. The third-order valence-electron chi connectivity index (χ3n) is 4.10. The van der Waals surface area contributed by atoms with E-state index in [1.54, 1.807) is 0 Å². The minimum atomic E-state index is -0.770. The standard InChI is InChI=1S/C18H16F2N6O/c19-12-3-1-4-13(20)16(12)27-8-2-5-14-25-15-17(22-10-23-18(15)26-14)24-11-6-7-21-9-11/h1,3-4,10-11,21H,6-9H2,(H2,22,23,24,25,26). The Morgan fingerprint density at radius 2 is 2.11 bits per heavy atom. The van der Waals surface area contributed by atoms with Crippen LogP contribution in [0.3, 0.4) is 0 Å². The van der Waals surface area contributed by atoms with Gasteiger partial charge in [-0.05, 0) is 31.0 Å². The number of halogens is 2. The van der Waals surface area contributed by atoms with E-state index in [0.717, 1.165) is 31.6 Å². The van der Waals surface area contributed by atoms with Gasteiger partial charge in [-0.1, -0.05) is 12.0 Å². The summed E-state index contributed by atoms with van der Waals surface area (Å²) >= 11 is 0. The molecule has 27 heavy (non-hydrogen) atoms. The molecule has 2 aromatic heterocycles. The van der Waals surface area contributed by atoms with Gasteiger partial charge in [0, 0.05) is 12.6 Å². The van der Waals surface area contributed by atoms with Gasteiger partial charge in [0.1, 0.15) is 12.9 Å². The first-order chi connectivity index (χ1) is 13.2. The van der Waals surface area contributed by atoms with Crippen LogP contribution < -0.4 is 15.4 Å². The first-order valence-electron chi connectivity index (χ1n) is 8.44. The number of aromatic amines is 1. The molecule has 0 spiro atoms. The second-order valence-corrected chi connectivity index (χ2v) is 5.98. The Kier molecular flexibility index (Phi) is 4.80. The first-order valence-corrected chi connectivity index (χ1v) is 8.44. The predicted octanol–water partition coefficient (Wildman–Crippen LogP) is 1.84. The van der Waals surface area contributed by atoms with E-state index in [1.165, 1.54) is 12.4 Å². The van der Waals surface area contributed by atoms with Crippen molar-refractivity contribution in [3.63, 3.8) is 0 Å². The highest BCUT2D eigenvalue weighted by Gasteiger charge is 2.17. The van der Waals surface area contributed by atoms with Crippen molar-refractivity contribution >= 4 is 17.0 Å². The maximum absolute atomic E-state index is 13.5. The number of hydrogen-bond donors (Lipinski definition) is 3. The third kappa shape index (κ3) is 3.80. The fourth-order valence-corrected chi connectivity index (χ4v) is 2.81. The van der Waals surface area contributed by atoms with Gasteiger partial charge in [0.15, 0.2) is 40.2 Å². The Bertz CT molecular complexity index is 999. The number of rotatable bonds is 4. The van der Waals surface area contributed by atoms with E-state index in [1.807, 2.05) is 0 Å². The normalized spacial score (nSPS) is 16.1. The smallest absolute Gasteiger partial charge is 0.191 e. The highest BCUT2D eigenvalue weighted by atomic mass is 19.1. The topological polar surface area (TPSA) is 87.8 Å². The van der Waals surface area contributed by atoms with E-state index in [-0.39, 0.29) is 6.61 Å². The summed E-state index contributed by atoms with van der Waals surface area (Å²) in [5.41, 5.74) is 1.15. The Labute approximate surface area is 153 Å². The molecular weight excluding hydrogens is 354 g/mol. The van der Waals surface area contributed by atoms with Gasteiger partial charge in [0.25, 0.3) is 0 Å². The zero-order chi connectivity index (χ0) is 18.6. The van der Waals surface area contributed by atoms with E-state index in [4.69, 9.17) is 4.74 Å². The van der Waals surface area contributed by atoms with E-state index in [0.29, 0.717) is 28.8 Å². The molecule has 0 aliphatic carbocycles. The summed E-state index contributed by atoms with van der Waals surface area (Å²) in [6, 6.07) is 3.81. The van der Waals surface area contributed by atoms with Crippen LogP contribution in [-0.2, 0) is 0 Å². The van der Waals surface area contributed by atoms with E-state index in [9.17, 15) is 8.78 Å². The molecule has 0 radical (unpaired) electrons. The van der Waals surface area contributed by atoms with Crippen molar-refractivity contribution < 1.29 is 13.5 Å². The van der Waals surface area contributed by atoms with Gasteiger partial charge < -0.3 is 20.4 Å². The van der Waals surface area contributed by atoms with Crippen LogP contribution in [-0.4, -0.2) is 45.7 Å². The summed E-state index contributed by atoms with van der Waals surface area (Å²) in [4.78, 5) is 15.8. The minimum Gasteiger partial charge on any atom is -0.475 e. The summed E-state index contributed by atoms with van der Waals surface area (Å²) < 4.78 is 32.1. The summed E-state index contributed by atoms with van der Waals surface area (Å²) in [6.07, 6.45) is 2.46. The maximum Gasteiger partial charge on any atom is 0.191 e. The van der Waals surface area contributed by atoms with Crippen molar-refractivity contribution in [1.29, 1.82) is 0 Å². The number of aromatic nitrogens is 4. The molecule has 138 valence electrons. The van der Waals surface area contributed by atoms with Crippen LogP contribution in [0.4, 0.5) is 14.6 Å². The highest BCUT2D eigenvalue weighted by Crippen LogP contribution is 2.21. The number of H-pyrrole nitrogens is 1. The van der Waals surface area contributed by atoms with Gasteiger partial charge >= 0.3 is 0 Å². The van der Waals surface area contributed by atoms with Crippen molar-refractivity contribution in [3.8, 4) is 17.6 Å². The van der Waals surface area contributed by atoms with Crippen LogP contribution in [0.1, 0.15) is 12.2 Å². The molecule has 0 amide bonds. The van der Waals surface area contributed by atoms with Crippen LogP contribution in [0.5, 0.6) is 5.75 Å². The SMILES string of the molecule is Fc1cccc(F)c1OCC#Cc1nc2c(NC3CCNC3)ncnc2[nH]1. The predicted molar refractivity (Wildman–Crippen MR) is 95.3 cm³/mol. The zero-order valence-corrected chi connectivity index (χ0v) is 14.2. The number of anilines is 1. The molecule has 3 N–H and O–H groups in total. The molecule has 0 saturated carbocycles. The number of imidazole rings is 1. The average Bonchev–Trinajstić information content (AvgIpc) is 3.30. The monoisotopic (exact) mass is 370 g/mol. The molecular formula is C18H16F2N6O. The van der Waals surface area contributed by atoms with Crippen molar-refractivity contribution in [3.05, 3.63) is 42.0 Å². The van der Waals surface area contributed by atoms with Gasteiger partial charge in [-0.15, -0.1) is 0 Å². The molecule has 1 atom stereocenters. The fraction of sp³-hybridized carbons (Fsp3) is 0.278. The lowest BCUT2D eigenvalue weighted by Crippen LogP contribution is -2.22. The Morgan fingerprint density at radius 3 is 2.89 bits per heavy atom. The molecule has 3 aromatic rings. The number of hydrogen-bond acceptors (Lipinski definition) is 6. The largest absolute Gasteiger partial charge is 0.475 e. The quantitative estimate of drug-likeness (QED) is 0.608. The Balaban J connectivity index is 1.47. The maximum atomic E-state index is 13.5. The van der Waals surface area contributed by atoms with Crippen molar-refractivity contribution in [2.24, 2.45) is 0 Å². The van der Waals surface area contributed by atoms with Crippen molar-refractivity contribution in [1.82, 2.24) is 25.3 Å². The second kappa shape index (κ2) is 7.55. The molecule has 7 nitrogen and oxygen atoms in total. The lowest BCUT2D eigenvalue weighted by atomic mass is 10.2. The van der Waals surface area contributed by atoms with Crippen LogP contribution in [0.2, 0.25) is 0 Å². The van der Waals surface area contributed by atoms with E-state index in [2.05, 4.69) is 42.4 Å². The lowest BCUT2D eigenvalue weighted by molar-refractivity contribution is 0.326. The van der Waals surface area contributed by atoms with Crippen molar-refractivity contribution in [2.45, 2.75) is 12.5 Å². The molecule has 3 heterocycles. The van der Waals surface area contributed by atoms with Crippen LogP contribution in [0.15, 0.2) is 24.5 Å². The van der Waals surface area contributed by atoms with Gasteiger partial charge in [-0.3, -0.25) is 0 Å². The van der Waals surface area contributed by atoms with Gasteiger partial charge in [0.2, 0.25) is 0 Å². The Morgan fingerprint density at radius 1 is 1.26 bits per heavy atom. The highest BCUT2D eigenvalue weighted by molar-refractivity contribution is 5.83. The van der Waals surface area contributed by atoms with Gasteiger partial charge in [-0.2, -0.15) is 0 Å². The molecule has 1 aromatic carbocycles. The zero-order valence-electron chi connectivity index (χ0n) is 14.2. The molecule has 9 heteroatoms. The van der Waals surface area contributed by atoms with E-state index < -0.39 is 17.4 Å². The molecule has 1 fully saturated rings. The average molecular weight is 370 g/mol.